The van der Waals surface area contributed by atoms with Crippen molar-refractivity contribution in [2.75, 3.05) is 5.88 Å². The molecule has 4 heteroatoms. The Labute approximate surface area is 118 Å². The Balaban J connectivity index is 2.07. The highest BCUT2D eigenvalue weighted by molar-refractivity contribution is 6.19. The molecule has 0 spiro atoms. The van der Waals surface area contributed by atoms with Crippen LogP contribution in [-0.2, 0) is 20.9 Å². The van der Waals surface area contributed by atoms with Gasteiger partial charge in [-0.15, -0.1) is 11.6 Å². The summed E-state index contributed by atoms with van der Waals surface area (Å²) in [4.78, 5) is 22.7. The summed E-state index contributed by atoms with van der Waals surface area (Å²) in [6.07, 6.45) is 2.68. The van der Waals surface area contributed by atoms with E-state index in [1.54, 1.807) is 0 Å². The minimum atomic E-state index is -0.214. The Bertz CT molecular complexity index is 390. The Morgan fingerprint density at radius 1 is 1.00 bits per heavy atom. The van der Waals surface area contributed by atoms with E-state index in [2.05, 4.69) is 0 Å². The van der Waals surface area contributed by atoms with Gasteiger partial charge < -0.3 is 4.74 Å². The van der Waals surface area contributed by atoms with Crippen LogP contribution in [0.2, 0.25) is 0 Å². The number of esters is 1. The number of alkyl halides is 1. The molecule has 0 aliphatic carbocycles. The number of hydrogen-bond donors (Lipinski definition) is 0. The number of unbranched alkanes of at least 4 members (excludes halogenated alkanes) is 1. The molecule has 0 unspecified atom stereocenters. The van der Waals surface area contributed by atoms with Crippen LogP contribution in [0.4, 0.5) is 0 Å². The molecule has 0 saturated carbocycles. The summed E-state index contributed by atoms with van der Waals surface area (Å²) in [5, 5.41) is 0. The van der Waals surface area contributed by atoms with E-state index in [0.717, 1.165) is 12.0 Å². The van der Waals surface area contributed by atoms with Crippen LogP contribution in [0.25, 0.3) is 0 Å². The molecule has 1 rings (SSSR count). The molecule has 104 valence electrons. The van der Waals surface area contributed by atoms with Crippen molar-refractivity contribution in [3.8, 4) is 0 Å². The fraction of sp³-hybridized carbons (Fsp3) is 0.467. The zero-order valence-electron chi connectivity index (χ0n) is 10.9. The molecule has 0 aromatic heterocycles. The fourth-order valence-electron chi connectivity index (χ4n) is 1.63. The summed E-state index contributed by atoms with van der Waals surface area (Å²) in [6.45, 7) is 0.310. The summed E-state index contributed by atoms with van der Waals surface area (Å²) in [5.41, 5.74) is 0.980. The molecule has 0 atom stereocenters. The summed E-state index contributed by atoms with van der Waals surface area (Å²) in [5.74, 6) is 0.319. The highest BCUT2D eigenvalue weighted by Crippen LogP contribution is 2.06. The molecule has 1 aromatic rings. The molecule has 0 amide bonds. The van der Waals surface area contributed by atoms with Crippen molar-refractivity contribution < 1.29 is 14.3 Å². The molecule has 0 N–H and O–H groups in total. The largest absolute Gasteiger partial charge is 0.461 e. The lowest BCUT2D eigenvalue weighted by molar-refractivity contribution is -0.145. The molecule has 0 radical (unpaired) electrons. The lowest BCUT2D eigenvalue weighted by atomic mass is 10.1. The van der Waals surface area contributed by atoms with Gasteiger partial charge in [-0.25, -0.2) is 0 Å². The Kier molecular flexibility index (Phi) is 7.91. The van der Waals surface area contributed by atoms with Crippen molar-refractivity contribution in [1.82, 2.24) is 0 Å². The first kappa shape index (κ1) is 15.7. The van der Waals surface area contributed by atoms with Crippen molar-refractivity contribution in [1.29, 1.82) is 0 Å². The lowest BCUT2D eigenvalue weighted by Crippen LogP contribution is -2.05. The summed E-state index contributed by atoms with van der Waals surface area (Å²) < 4.78 is 5.14. The number of hydrogen-bond acceptors (Lipinski definition) is 3. The number of ether oxygens (including phenoxy) is 1. The molecule has 19 heavy (non-hydrogen) atoms. The van der Waals surface area contributed by atoms with E-state index in [1.807, 2.05) is 30.3 Å². The van der Waals surface area contributed by atoms with Gasteiger partial charge in [0, 0.05) is 25.1 Å². The van der Waals surface area contributed by atoms with Crippen molar-refractivity contribution in [3.63, 3.8) is 0 Å². The maximum atomic E-state index is 11.5. The van der Waals surface area contributed by atoms with Crippen LogP contribution in [0.3, 0.4) is 0 Å². The Morgan fingerprint density at radius 2 is 1.68 bits per heavy atom. The van der Waals surface area contributed by atoms with Crippen molar-refractivity contribution in [2.24, 2.45) is 0 Å². The monoisotopic (exact) mass is 282 g/mol. The number of carbonyl (C=O) groups excluding carboxylic acids is 2. The molecule has 0 heterocycles. The predicted molar refractivity (Wildman–Crippen MR) is 75.1 cm³/mol. The van der Waals surface area contributed by atoms with E-state index in [4.69, 9.17) is 16.3 Å². The molecule has 3 nitrogen and oxygen atoms in total. The molecule has 0 saturated heterocycles. The summed E-state index contributed by atoms with van der Waals surface area (Å²) in [7, 11) is 0. The normalized spacial score (nSPS) is 10.2. The van der Waals surface area contributed by atoms with Gasteiger partial charge in [-0.2, -0.15) is 0 Å². The first-order valence-electron chi connectivity index (χ1n) is 6.49. The van der Waals surface area contributed by atoms with Gasteiger partial charge in [-0.05, 0) is 18.4 Å². The standard InChI is InChI=1S/C15H19ClO3/c16-11-10-14(17)8-4-5-9-15(18)19-12-13-6-2-1-3-7-13/h1-3,6-7H,4-5,8-12H2. The average molecular weight is 283 g/mol. The van der Waals surface area contributed by atoms with E-state index >= 15 is 0 Å². The second-order valence-corrected chi connectivity index (χ2v) is 4.71. The van der Waals surface area contributed by atoms with Gasteiger partial charge in [0.25, 0.3) is 0 Å². The number of ketones is 1. The highest BCUT2D eigenvalue weighted by atomic mass is 35.5. The van der Waals surface area contributed by atoms with Gasteiger partial charge in [0.05, 0.1) is 0 Å². The van der Waals surface area contributed by atoms with Gasteiger partial charge in [0.1, 0.15) is 12.4 Å². The molecule has 0 aliphatic heterocycles. The average Bonchev–Trinajstić information content (AvgIpc) is 2.43. The number of halogens is 1. The van der Waals surface area contributed by atoms with Crippen molar-refractivity contribution in [3.05, 3.63) is 35.9 Å². The first-order valence-corrected chi connectivity index (χ1v) is 7.03. The van der Waals surface area contributed by atoms with Crippen LogP contribution >= 0.6 is 11.6 Å². The SMILES string of the molecule is O=C(CCCl)CCCCC(=O)OCc1ccccc1. The number of carbonyl (C=O) groups is 2. The third kappa shape index (κ3) is 7.62. The van der Waals surface area contributed by atoms with Gasteiger partial charge in [-0.3, -0.25) is 9.59 Å². The van der Waals surface area contributed by atoms with Gasteiger partial charge in [0.15, 0.2) is 0 Å². The zero-order valence-corrected chi connectivity index (χ0v) is 11.7. The Morgan fingerprint density at radius 3 is 2.37 bits per heavy atom. The van der Waals surface area contributed by atoms with Crippen molar-refractivity contribution >= 4 is 23.4 Å². The Hall–Kier alpha value is -1.35. The number of rotatable bonds is 9. The third-order valence-electron chi connectivity index (χ3n) is 2.70. The molecule has 1 aromatic carbocycles. The summed E-state index contributed by atoms with van der Waals surface area (Å²) >= 11 is 5.46. The highest BCUT2D eigenvalue weighted by Gasteiger charge is 2.05. The van der Waals surface area contributed by atoms with Gasteiger partial charge in [-0.1, -0.05) is 30.3 Å². The zero-order chi connectivity index (χ0) is 13.9. The topological polar surface area (TPSA) is 43.4 Å². The number of Topliss-reactive ketones (excluding diaryl/α,β-unsaturated/α-hetero) is 1. The lowest BCUT2D eigenvalue weighted by Gasteiger charge is -2.04. The van der Waals surface area contributed by atoms with Crippen LogP contribution in [0.1, 0.15) is 37.7 Å². The molecular formula is C15H19ClO3. The van der Waals surface area contributed by atoms with Crippen molar-refractivity contribution in [2.45, 2.75) is 38.7 Å². The first-order chi connectivity index (χ1) is 9.22. The van der Waals surface area contributed by atoms with Crippen LogP contribution in [0.5, 0.6) is 0 Å². The second-order valence-electron chi connectivity index (χ2n) is 4.33. The molecule has 0 bridgehead atoms. The quantitative estimate of drug-likeness (QED) is 0.396. The second kappa shape index (κ2) is 9.56. The molecule has 0 fully saturated rings. The minimum absolute atomic E-state index is 0.160. The van der Waals surface area contributed by atoms with Crippen LogP contribution in [0.15, 0.2) is 30.3 Å². The van der Waals surface area contributed by atoms with Crippen LogP contribution < -0.4 is 0 Å². The predicted octanol–water partition coefficient (Wildman–Crippen LogP) is 3.49. The maximum Gasteiger partial charge on any atom is 0.306 e. The van der Waals surface area contributed by atoms with E-state index in [0.29, 0.717) is 38.2 Å². The smallest absolute Gasteiger partial charge is 0.306 e. The van der Waals surface area contributed by atoms with Crippen LogP contribution in [-0.4, -0.2) is 17.6 Å². The van der Waals surface area contributed by atoms with Crippen LogP contribution in [0, 0.1) is 0 Å². The van der Waals surface area contributed by atoms with E-state index in [9.17, 15) is 9.59 Å². The summed E-state index contributed by atoms with van der Waals surface area (Å²) in [6, 6.07) is 9.57. The van der Waals surface area contributed by atoms with E-state index < -0.39 is 0 Å². The number of benzene rings is 1. The van der Waals surface area contributed by atoms with E-state index in [-0.39, 0.29) is 11.8 Å². The minimum Gasteiger partial charge on any atom is -0.461 e. The molecular weight excluding hydrogens is 264 g/mol. The third-order valence-corrected chi connectivity index (χ3v) is 2.89. The van der Waals surface area contributed by atoms with E-state index in [1.165, 1.54) is 0 Å². The fourth-order valence-corrected chi connectivity index (χ4v) is 1.84. The van der Waals surface area contributed by atoms with Gasteiger partial charge in [0.2, 0.25) is 0 Å². The van der Waals surface area contributed by atoms with Gasteiger partial charge >= 0.3 is 5.97 Å². The maximum absolute atomic E-state index is 11.5. The molecule has 0 aliphatic rings.